The second kappa shape index (κ2) is 11.4. The van der Waals surface area contributed by atoms with Crippen LogP contribution >= 0.6 is 0 Å². The molecule has 0 aliphatic carbocycles. The van der Waals surface area contributed by atoms with Crippen molar-refractivity contribution >= 4 is 12.2 Å². The standard InChI is InChI=1S/C25H35N3O7/c1-15-19(16(2)35-28-15)11-12-26-23(29)33-22-20(13-17-7-9-18(31-6)10-8-17)27-14-21(22)32-24(30)34-25(3,4)5/h7-10,20-22,27H,11-14H2,1-6H3,(H,26,29)/t20-,21+,22+/m1/s1. The van der Waals surface area contributed by atoms with E-state index in [0.717, 1.165) is 28.3 Å². The van der Waals surface area contributed by atoms with Crippen LogP contribution < -0.4 is 15.4 Å². The summed E-state index contributed by atoms with van der Waals surface area (Å²) in [5.41, 5.74) is 2.07. The van der Waals surface area contributed by atoms with Crippen molar-refractivity contribution in [1.82, 2.24) is 15.8 Å². The van der Waals surface area contributed by atoms with Crippen LogP contribution in [0.5, 0.6) is 5.75 Å². The van der Waals surface area contributed by atoms with E-state index in [2.05, 4.69) is 15.8 Å². The van der Waals surface area contributed by atoms with Crippen LogP contribution in [0.15, 0.2) is 28.8 Å². The number of aromatic nitrogens is 1. The van der Waals surface area contributed by atoms with E-state index in [-0.39, 0.29) is 6.04 Å². The van der Waals surface area contributed by atoms with Crippen molar-refractivity contribution in [2.45, 2.75) is 71.3 Å². The van der Waals surface area contributed by atoms with Crippen molar-refractivity contribution < 1.29 is 33.1 Å². The lowest BCUT2D eigenvalue weighted by atomic mass is 10.0. The Bertz CT molecular complexity index is 978. The molecule has 1 aliphatic heterocycles. The number of nitrogens with one attached hydrogen (secondary N) is 2. The average Bonchev–Trinajstić information content (AvgIpc) is 3.30. The largest absolute Gasteiger partial charge is 0.509 e. The van der Waals surface area contributed by atoms with Crippen LogP contribution in [-0.2, 0) is 27.1 Å². The maximum Gasteiger partial charge on any atom is 0.509 e. The fourth-order valence-corrected chi connectivity index (χ4v) is 3.94. The first kappa shape index (κ1) is 26.3. The van der Waals surface area contributed by atoms with Gasteiger partial charge >= 0.3 is 12.2 Å². The number of ether oxygens (including phenoxy) is 4. The topological polar surface area (TPSA) is 121 Å². The van der Waals surface area contributed by atoms with Crippen molar-refractivity contribution in [2.75, 3.05) is 20.2 Å². The van der Waals surface area contributed by atoms with Gasteiger partial charge in [0.25, 0.3) is 0 Å². The Balaban J connectivity index is 1.64. The summed E-state index contributed by atoms with van der Waals surface area (Å²) >= 11 is 0. The van der Waals surface area contributed by atoms with Gasteiger partial charge in [-0.1, -0.05) is 17.3 Å². The second-order valence-electron chi connectivity index (χ2n) is 9.54. The Labute approximate surface area is 205 Å². The smallest absolute Gasteiger partial charge is 0.497 e. The van der Waals surface area contributed by atoms with Crippen molar-refractivity contribution in [3.63, 3.8) is 0 Å². The molecule has 0 radical (unpaired) electrons. The van der Waals surface area contributed by atoms with Gasteiger partial charge in [-0.3, -0.25) is 0 Å². The van der Waals surface area contributed by atoms with E-state index < -0.39 is 30.1 Å². The summed E-state index contributed by atoms with van der Waals surface area (Å²) < 4.78 is 27.0. The van der Waals surface area contributed by atoms with Gasteiger partial charge in [0.1, 0.15) is 17.1 Å². The highest BCUT2D eigenvalue weighted by atomic mass is 16.7. The summed E-state index contributed by atoms with van der Waals surface area (Å²) in [6, 6.07) is 7.38. The summed E-state index contributed by atoms with van der Waals surface area (Å²) in [5, 5.41) is 10.0. The van der Waals surface area contributed by atoms with Crippen LogP contribution in [-0.4, -0.2) is 61.5 Å². The first-order valence-corrected chi connectivity index (χ1v) is 11.7. The number of carbonyl (C=O) groups excluding carboxylic acids is 2. The molecule has 1 aliphatic rings. The zero-order chi connectivity index (χ0) is 25.6. The number of rotatable bonds is 8. The number of methoxy groups -OCH3 is 1. The molecule has 1 fully saturated rings. The molecule has 2 N–H and O–H groups in total. The maximum atomic E-state index is 12.7. The molecule has 1 aromatic heterocycles. The number of benzene rings is 1. The van der Waals surface area contributed by atoms with E-state index in [0.29, 0.717) is 25.9 Å². The third-order valence-corrected chi connectivity index (χ3v) is 5.66. The molecule has 2 heterocycles. The van der Waals surface area contributed by atoms with Gasteiger partial charge in [-0.05, 0) is 65.2 Å². The maximum absolute atomic E-state index is 12.7. The Hall–Kier alpha value is -3.27. The van der Waals surface area contributed by atoms with E-state index in [9.17, 15) is 9.59 Å². The molecule has 1 amide bonds. The van der Waals surface area contributed by atoms with Gasteiger partial charge in [0, 0.05) is 18.7 Å². The molecule has 1 saturated heterocycles. The van der Waals surface area contributed by atoms with Crippen LogP contribution in [0.25, 0.3) is 0 Å². The molecule has 0 saturated carbocycles. The molecule has 0 unspecified atom stereocenters. The van der Waals surface area contributed by atoms with Crippen molar-refractivity contribution in [3.8, 4) is 5.75 Å². The normalized spacial score (nSPS) is 19.8. The fourth-order valence-electron chi connectivity index (χ4n) is 3.94. The van der Waals surface area contributed by atoms with Crippen LogP contribution in [0.1, 0.15) is 43.4 Å². The number of hydrogen-bond acceptors (Lipinski definition) is 9. The van der Waals surface area contributed by atoms with Crippen molar-refractivity contribution in [3.05, 3.63) is 46.8 Å². The van der Waals surface area contributed by atoms with Gasteiger partial charge in [0.05, 0.1) is 18.8 Å². The first-order valence-electron chi connectivity index (χ1n) is 11.7. The van der Waals surface area contributed by atoms with Crippen LogP contribution in [0.4, 0.5) is 9.59 Å². The molecule has 1 aromatic carbocycles. The summed E-state index contributed by atoms with van der Waals surface area (Å²) in [6.07, 6.45) is -1.67. The van der Waals surface area contributed by atoms with Gasteiger partial charge < -0.3 is 34.1 Å². The molecular formula is C25H35N3O7. The van der Waals surface area contributed by atoms with Gasteiger partial charge in [0.15, 0.2) is 12.2 Å². The Morgan fingerprint density at radius 3 is 2.49 bits per heavy atom. The summed E-state index contributed by atoms with van der Waals surface area (Å²) in [5.74, 6) is 1.48. The van der Waals surface area contributed by atoms with Crippen LogP contribution in [0.2, 0.25) is 0 Å². The van der Waals surface area contributed by atoms with Gasteiger partial charge in [0.2, 0.25) is 0 Å². The third-order valence-electron chi connectivity index (χ3n) is 5.66. The molecule has 0 spiro atoms. The molecule has 192 valence electrons. The number of aryl methyl sites for hydroxylation is 2. The minimum Gasteiger partial charge on any atom is -0.497 e. The zero-order valence-corrected chi connectivity index (χ0v) is 21.2. The molecule has 2 aromatic rings. The molecule has 35 heavy (non-hydrogen) atoms. The highest BCUT2D eigenvalue weighted by molar-refractivity contribution is 5.67. The van der Waals surface area contributed by atoms with E-state index in [4.69, 9.17) is 23.5 Å². The SMILES string of the molecule is COc1ccc(C[C@H]2NC[C@H](OC(=O)OC(C)(C)C)[C@H]2OC(=O)NCCc2c(C)noc2C)cc1. The average molecular weight is 490 g/mol. The van der Waals surface area contributed by atoms with E-state index in [1.165, 1.54) is 0 Å². The number of alkyl carbamates (subject to hydrolysis) is 1. The van der Waals surface area contributed by atoms with E-state index in [1.54, 1.807) is 27.9 Å². The fraction of sp³-hybridized carbons (Fsp3) is 0.560. The molecule has 10 nitrogen and oxygen atoms in total. The second-order valence-corrected chi connectivity index (χ2v) is 9.54. The van der Waals surface area contributed by atoms with Gasteiger partial charge in [-0.15, -0.1) is 0 Å². The Kier molecular flexibility index (Phi) is 8.61. The number of amides is 1. The van der Waals surface area contributed by atoms with Crippen molar-refractivity contribution in [2.24, 2.45) is 0 Å². The summed E-state index contributed by atoms with van der Waals surface area (Å²) in [4.78, 5) is 24.9. The van der Waals surface area contributed by atoms with Gasteiger partial charge in [-0.2, -0.15) is 0 Å². The quantitative estimate of drug-likeness (QED) is 0.537. The number of hydrogen-bond donors (Lipinski definition) is 2. The highest BCUT2D eigenvalue weighted by Gasteiger charge is 2.42. The molecule has 3 atom stereocenters. The minimum absolute atomic E-state index is 0.260. The molecule has 0 bridgehead atoms. The third kappa shape index (κ3) is 7.61. The first-order chi connectivity index (χ1) is 16.6. The predicted molar refractivity (Wildman–Crippen MR) is 128 cm³/mol. The summed E-state index contributed by atoms with van der Waals surface area (Å²) in [6.45, 7) is 9.65. The lowest BCUT2D eigenvalue weighted by Gasteiger charge is -2.26. The van der Waals surface area contributed by atoms with E-state index in [1.807, 2.05) is 38.1 Å². The zero-order valence-electron chi connectivity index (χ0n) is 21.2. The van der Waals surface area contributed by atoms with Crippen molar-refractivity contribution in [1.29, 1.82) is 0 Å². The predicted octanol–water partition coefficient (Wildman–Crippen LogP) is 3.47. The number of nitrogens with zero attached hydrogens (tertiary/aromatic N) is 1. The van der Waals surface area contributed by atoms with Crippen LogP contribution in [0, 0.1) is 13.8 Å². The monoisotopic (exact) mass is 489 g/mol. The molecule has 10 heteroatoms. The lowest BCUT2D eigenvalue weighted by molar-refractivity contribution is -0.0517. The Morgan fingerprint density at radius 2 is 1.89 bits per heavy atom. The number of carbonyl (C=O) groups is 2. The highest BCUT2D eigenvalue weighted by Crippen LogP contribution is 2.22. The summed E-state index contributed by atoms with van der Waals surface area (Å²) in [7, 11) is 1.61. The minimum atomic E-state index is -0.804. The lowest BCUT2D eigenvalue weighted by Crippen LogP contribution is -2.43. The van der Waals surface area contributed by atoms with Crippen LogP contribution in [0.3, 0.4) is 0 Å². The molecular weight excluding hydrogens is 454 g/mol. The van der Waals surface area contributed by atoms with Gasteiger partial charge in [-0.25, -0.2) is 9.59 Å². The molecule has 3 rings (SSSR count). The van der Waals surface area contributed by atoms with E-state index >= 15 is 0 Å². The Morgan fingerprint density at radius 1 is 1.17 bits per heavy atom.